The third kappa shape index (κ3) is 2.95. The SMILES string of the molecule is O=C(NCc1ccc2c(c1)OCO2)C1(c2ccc(F)cc2)CCCC1. The maximum absolute atomic E-state index is 13.3. The first-order chi connectivity index (χ1) is 12.2. The molecule has 0 saturated heterocycles. The van der Waals surface area contributed by atoms with Gasteiger partial charge in [-0.2, -0.15) is 0 Å². The molecule has 1 aliphatic heterocycles. The molecule has 4 nitrogen and oxygen atoms in total. The van der Waals surface area contributed by atoms with E-state index in [0.717, 1.165) is 42.6 Å². The number of nitrogens with one attached hydrogen (secondary N) is 1. The number of ether oxygens (including phenoxy) is 2. The monoisotopic (exact) mass is 341 g/mol. The van der Waals surface area contributed by atoms with Crippen LogP contribution >= 0.6 is 0 Å². The van der Waals surface area contributed by atoms with Crippen molar-refractivity contribution in [3.05, 3.63) is 59.4 Å². The van der Waals surface area contributed by atoms with Gasteiger partial charge in [-0.05, 0) is 48.2 Å². The van der Waals surface area contributed by atoms with E-state index in [9.17, 15) is 9.18 Å². The Morgan fingerprint density at radius 1 is 1.04 bits per heavy atom. The predicted molar refractivity (Wildman–Crippen MR) is 91.0 cm³/mol. The number of halogens is 1. The van der Waals surface area contributed by atoms with E-state index in [-0.39, 0.29) is 18.5 Å². The van der Waals surface area contributed by atoms with Gasteiger partial charge in [-0.25, -0.2) is 4.39 Å². The number of benzene rings is 2. The Morgan fingerprint density at radius 2 is 1.76 bits per heavy atom. The van der Waals surface area contributed by atoms with Gasteiger partial charge in [0.05, 0.1) is 5.41 Å². The van der Waals surface area contributed by atoms with E-state index < -0.39 is 5.41 Å². The van der Waals surface area contributed by atoms with E-state index in [1.54, 1.807) is 12.1 Å². The Bertz CT molecular complexity index is 782. The number of fused-ring (bicyclic) bond motifs is 1. The minimum Gasteiger partial charge on any atom is -0.454 e. The zero-order valence-electron chi connectivity index (χ0n) is 13.9. The zero-order chi connectivity index (χ0) is 17.3. The topological polar surface area (TPSA) is 47.6 Å². The molecule has 1 N–H and O–H groups in total. The predicted octanol–water partition coefficient (Wildman–Crippen LogP) is 3.68. The molecule has 0 unspecified atom stereocenters. The van der Waals surface area contributed by atoms with Crippen LogP contribution < -0.4 is 14.8 Å². The fraction of sp³-hybridized carbons (Fsp3) is 0.350. The van der Waals surface area contributed by atoms with Crippen molar-refractivity contribution < 1.29 is 18.7 Å². The number of amides is 1. The molecular weight excluding hydrogens is 321 g/mol. The molecule has 2 aromatic rings. The lowest BCUT2D eigenvalue weighted by Gasteiger charge is -2.28. The van der Waals surface area contributed by atoms with Gasteiger partial charge in [0.25, 0.3) is 0 Å². The summed E-state index contributed by atoms with van der Waals surface area (Å²) in [6.45, 7) is 0.664. The standard InChI is InChI=1S/C20H20FNO3/c21-16-6-4-15(5-7-16)20(9-1-2-10-20)19(23)22-12-14-3-8-17-18(11-14)25-13-24-17/h3-8,11H,1-2,9-10,12-13H2,(H,22,23). The molecule has 25 heavy (non-hydrogen) atoms. The largest absolute Gasteiger partial charge is 0.454 e. The molecule has 130 valence electrons. The minimum absolute atomic E-state index is 0.00859. The average Bonchev–Trinajstić information content (AvgIpc) is 3.29. The fourth-order valence-corrected chi connectivity index (χ4v) is 3.80. The van der Waals surface area contributed by atoms with E-state index in [4.69, 9.17) is 9.47 Å². The molecule has 2 aromatic carbocycles. The van der Waals surface area contributed by atoms with E-state index >= 15 is 0 Å². The lowest BCUT2D eigenvalue weighted by molar-refractivity contribution is -0.126. The van der Waals surface area contributed by atoms with E-state index in [0.29, 0.717) is 12.3 Å². The molecule has 4 rings (SSSR count). The maximum Gasteiger partial charge on any atom is 0.231 e. The van der Waals surface area contributed by atoms with Gasteiger partial charge in [0, 0.05) is 6.54 Å². The Balaban J connectivity index is 1.51. The van der Waals surface area contributed by atoms with Crippen LogP contribution in [0.5, 0.6) is 11.5 Å². The van der Waals surface area contributed by atoms with Crippen LogP contribution in [0, 0.1) is 5.82 Å². The number of carbonyl (C=O) groups excluding carboxylic acids is 1. The first kappa shape index (κ1) is 15.9. The summed E-state index contributed by atoms with van der Waals surface area (Å²) in [5.74, 6) is 1.17. The van der Waals surface area contributed by atoms with Crippen molar-refractivity contribution >= 4 is 5.91 Å². The first-order valence-corrected chi connectivity index (χ1v) is 8.60. The lowest BCUT2D eigenvalue weighted by atomic mass is 9.78. The molecule has 1 aliphatic carbocycles. The summed E-state index contributed by atoms with van der Waals surface area (Å²) < 4.78 is 23.9. The van der Waals surface area contributed by atoms with Crippen molar-refractivity contribution in [1.82, 2.24) is 5.32 Å². The summed E-state index contributed by atoms with van der Waals surface area (Å²) in [5.41, 5.74) is 1.31. The van der Waals surface area contributed by atoms with Crippen molar-refractivity contribution in [2.45, 2.75) is 37.6 Å². The van der Waals surface area contributed by atoms with Crippen molar-refractivity contribution in [3.63, 3.8) is 0 Å². The summed E-state index contributed by atoms with van der Waals surface area (Å²) in [6, 6.07) is 12.0. The molecule has 0 radical (unpaired) electrons. The summed E-state index contributed by atoms with van der Waals surface area (Å²) in [6.07, 6.45) is 3.61. The van der Waals surface area contributed by atoms with Crippen molar-refractivity contribution in [1.29, 1.82) is 0 Å². The van der Waals surface area contributed by atoms with Crippen LogP contribution in [0.3, 0.4) is 0 Å². The quantitative estimate of drug-likeness (QED) is 0.923. The van der Waals surface area contributed by atoms with Gasteiger partial charge in [-0.1, -0.05) is 31.0 Å². The highest BCUT2D eigenvalue weighted by Gasteiger charge is 2.42. The molecule has 5 heteroatoms. The number of hydrogen-bond acceptors (Lipinski definition) is 3. The van der Waals surface area contributed by atoms with Crippen molar-refractivity contribution in [2.24, 2.45) is 0 Å². The van der Waals surface area contributed by atoms with Gasteiger partial charge in [-0.15, -0.1) is 0 Å². The van der Waals surface area contributed by atoms with Gasteiger partial charge in [0.15, 0.2) is 11.5 Å². The van der Waals surface area contributed by atoms with E-state index in [2.05, 4.69) is 5.32 Å². The third-order valence-electron chi connectivity index (χ3n) is 5.18. The number of hydrogen-bond donors (Lipinski definition) is 1. The normalized spacial score (nSPS) is 17.5. The molecule has 0 atom stereocenters. The Labute approximate surface area is 146 Å². The summed E-state index contributed by atoms with van der Waals surface area (Å²) in [4.78, 5) is 13.0. The van der Waals surface area contributed by atoms with Crippen LogP contribution in [0.2, 0.25) is 0 Å². The highest BCUT2D eigenvalue weighted by Crippen LogP contribution is 2.41. The summed E-state index contributed by atoms with van der Waals surface area (Å²) in [5, 5.41) is 3.06. The van der Waals surface area contributed by atoms with Crippen LogP contribution in [0.4, 0.5) is 4.39 Å². The lowest BCUT2D eigenvalue weighted by Crippen LogP contribution is -2.42. The molecule has 1 amide bonds. The number of rotatable bonds is 4. The van der Waals surface area contributed by atoms with Crippen molar-refractivity contribution in [3.8, 4) is 11.5 Å². The molecule has 1 saturated carbocycles. The van der Waals surface area contributed by atoms with Crippen molar-refractivity contribution in [2.75, 3.05) is 6.79 Å². The van der Waals surface area contributed by atoms with Crippen LogP contribution in [0.1, 0.15) is 36.8 Å². The second-order valence-corrected chi connectivity index (χ2v) is 6.67. The summed E-state index contributed by atoms with van der Waals surface area (Å²) >= 11 is 0. The second kappa shape index (κ2) is 6.39. The Hall–Kier alpha value is -2.56. The second-order valence-electron chi connectivity index (χ2n) is 6.67. The average molecular weight is 341 g/mol. The molecular formula is C20H20FNO3. The van der Waals surface area contributed by atoms with Crippen LogP contribution in [-0.4, -0.2) is 12.7 Å². The molecule has 1 fully saturated rings. The molecule has 0 aromatic heterocycles. The zero-order valence-corrected chi connectivity index (χ0v) is 13.9. The third-order valence-corrected chi connectivity index (χ3v) is 5.18. The highest BCUT2D eigenvalue weighted by molar-refractivity contribution is 5.88. The maximum atomic E-state index is 13.3. The number of carbonyl (C=O) groups is 1. The fourth-order valence-electron chi connectivity index (χ4n) is 3.80. The van der Waals surface area contributed by atoms with Gasteiger partial charge < -0.3 is 14.8 Å². The summed E-state index contributed by atoms with van der Waals surface area (Å²) in [7, 11) is 0. The molecule has 0 spiro atoms. The minimum atomic E-state index is -0.552. The Kier molecular flexibility index (Phi) is 4.07. The molecule has 1 heterocycles. The van der Waals surface area contributed by atoms with Crippen LogP contribution in [0.15, 0.2) is 42.5 Å². The van der Waals surface area contributed by atoms with Gasteiger partial charge in [0.2, 0.25) is 12.7 Å². The van der Waals surface area contributed by atoms with Crippen LogP contribution in [-0.2, 0) is 16.8 Å². The van der Waals surface area contributed by atoms with Gasteiger partial charge >= 0.3 is 0 Å². The smallest absolute Gasteiger partial charge is 0.231 e. The Morgan fingerprint density at radius 3 is 2.52 bits per heavy atom. The van der Waals surface area contributed by atoms with E-state index in [1.165, 1.54) is 12.1 Å². The van der Waals surface area contributed by atoms with Crippen LogP contribution in [0.25, 0.3) is 0 Å². The molecule has 2 aliphatic rings. The van der Waals surface area contributed by atoms with Gasteiger partial charge in [-0.3, -0.25) is 4.79 Å². The molecule has 0 bridgehead atoms. The van der Waals surface area contributed by atoms with Gasteiger partial charge in [0.1, 0.15) is 5.82 Å². The first-order valence-electron chi connectivity index (χ1n) is 8.60. The van der Waals surface area contributed by atoms with E-state index in [1.807, 2.05) is 18.2 Å². The highest BCUT2D eigenvalue weighted by atomic mass is 19.1.